The molecule has 0 radical (unpaired) electrons. The van der Waals surface area contributed by atoms with Crippen molar-refractivity contribution in [2.45, 2.75) is 33.4 Å². The normalized spacial score (nSPS) is 17.8. The van der Waals surface area contributed by atoms with Gasteiger partial charge in [0.05, 0.1) is 29.7 Å². The van der Waals surface area contributed by atoms with Gasteiger partial charge < -0.3 is 10.1 Å². The summed E-state index contributed by atoms with van der Waals surface area (Å²) in [6, 6.07) is 9.97. The first-order valence-corrected chi connectivity index (χ1v) is 11.3. The molecule has 1 aromatic heterocycles. The summed E-state index contributed by atoms with van der Waals surface area (Å²) >= 11 is 0. The maximum atomic E-state index is 12.0. The highest BCUT2D eigenvalue weighted by Gasteiger charge is 2.34. The van der Waals surface area contributed by atoms with Crippen LogP contribution in [0, 0.1) is 19.8 Å². The second-order valence-corrected chi connectivity index (χ2v) is 9.51. The Morgan fingerprint density at radius 3 is 2.62 bits per heavy atom. The predicted molar refractivity (Wildman–Crippen MR) is 107 cm³/mol. The fourth-order valence-electron chi connectivity index (χ4n) is 3.37. The summed E-state index contributed by atoms with van der Waals surface area (Å²) in [6.45, 7) is 4.33. The number of nitrogens with zero attached hydrogens (tertiary/aromatic N) is 2. The van der Waals surface area contributed by atoms with Crippen LogP contribution in [0.4, 0.5) is 0 Å². The highest BCUT2D eigenvalue weighted by Crippen LogP contribution is 2.19. The molecule has 2 heterocycles. The van der Waals surface area contributed by atoms with E-state index in [0.29, 0.717) is 6.54 Å². The molecule has 1 N–H and O–H groups in total. The van der Waals surface area contributed by atoms with Gasteiger partial charge >= 0.3 is 5.97 Å². The highest BCUT2D eigenvalue weighted by atomic mass is 32.2. The molecule has 1 aliphatic rings. The van der Waals surface area contributed by atoms with Gasteiger partial charge in [0.15, 0.2) is 16.4 Å². The van der Waals surface area contributed by atoms with Crippen molar-refractivity contribution in [1.82, 2.24) is 15.1 Å². The summed E-state index contributed by atoms with van der Waals surface area (Å²) in [5, 5.41) is 7.28. The Balaban J connectivity index is 1.50. The molecule has 9 heteroatoms. The number of esters is 1. The number of rotatable bonds is 7. The number of benzene rings is 1. The van der Waals surface area contributed by atoms with Crippen LogP contribution in [0.15, 0.2) is 30.3 Å². The largest absolute Gasteiger partial charge is 0.455 e. The van der Waals surface area contributed by atoms with E-state index in [4.69, 9.17) is 4.74 Å². The van der Waals surface area contributed by atoms with E-state index in [1.807, 2.05) is 48.9 Å². The minimum Gasteiger partial charge on any atom is -0.455 e. The monoisotopic (exact) mass is 419 g/mol. The number of aryl methyl sites for hydroxylation is 1. The smallest absolute Gasteiger partial charge is 0.310 e. The Morgan fingerprint density at radius 1 is 1.24 bits per heavy atom. The molecule has 1 unspecified atom stereocenters. The summed E-state index contributed by atoms with van der Waals surface area (Å²) in [4.78, 5) is 24.0. The van der Waals surface area contributed by atoms with Crippen LogP contribution in [0.3, 0.4) is 0 Å². The Kier molecular flexibility index (Phi) is 6.36. The lowest BCUT2D eigenvalue weighted by Gasteiger charge is -2.10. The molecule has 0 bridgehead atoms. The van der Waals surface area contributed by atoms with Crippen LogP contribution in [0.1, 0.15) is 28.9 Å². The SMILES string of the molecule is Cc1nn(Cc2ccccc2)c(C)c1CNC(=O)COC(=O)C1CCS(=O)(=O)C1. The minimum atomic E-state index is -3.17. The molecule has 1 aromatic carbocycles. The first-order chi connectivity index (χ1) is 13.7. The van der Waals surface area contributed by atoms with Gasteiger partial charge in [0.25, 0.3) is 5.91 Å². The first-order valence-electron chi connectivity index (χ1n) is 9.46. The topological polar surface area (TPSA) is 107 Å². The molecule has 2 aromatic rings. The molecule has 1 aliphatic heterocycles. The number of aromatic nitrogens is 2. The van der Waals surface area contributed by atoms with Gasteiger partial charge in [-0.15, -0.1) is 0 Å². The van der Waals surface area contributed by atoms with Crippen LogP contribution < -0.4 is 5.32 Å². The molecule has 8 nitrogen and oxygen atoms in total. The van der Waals surface area contributed by atoms with Crippen LogP contribution >= 0.6 is 0 Å². The Hall–Kier alpha value is -2.68. The second-order valence-electron chi connectivity index (χ2n) is 7.28. The van der Waals surface area contributed by atoms with E-state index in [9.17, 15) is 18.0 Å². The van der Waals surface area contributed by atoms with Gasteiger partial charge in [-0.3, -0.25) is 14.3 Å². The van der Waals surface area contributed by atoms with Crippen LogP contribution in [0.5, 0.6) is 0 Å². The average molecular weight is 420 g/mol. The maximum Gasteiger partial charge on any atom is 0.310 e. The van der Waals surface area contributed by atoms with E-state index in [2.05, 4.69) is 10.4 Å². The van der Waals surface area contributed by atoms with E-state index in [1.165, 1.54) is 0 Å². The number of hydrogen-bond donors (Lipinski definition) is 1. The summed E-state index contributed by atoms with van der Waals surface area (Å²) in [6.07, 6.45) is 0.252. The lowest BCUT2D eigenvalue weighted by molar-refractivity contribution is -0.151. The van der Waals surface area contributed by atoms with Crippen molar-refractivity contribution < 1.29 is 22.7 Å². The number of sulfone groups is 1. The standard InChI is InChI=1S/C20H25N3O5S/c1-14-18(15(2)23(22-14)11-16-6-4-3-5-7-16)10-21-19(24)12-28-20(25)17-8-9-29(26,27)13-17/h3-7,17H,8-13H2,1-2H3,(H,21,24). The Labute approximate surface area is 170 Å². The fourth-order valence-corrected chi connectivity index (χ4v) is 5.10. The van der Waals surface area contributed by atoms with Crippen LogP contribution in [0.2, 0.25) is 0 Å². The molecule has 156 valence electrons. The number of carbonyl (C=O) groups is 2. The average Bonchev–Trinajstić information content (AvgIpc) is 3.18. The zero-order valence-corrected chi connectivity index (χ0v) is 17.4. The third-order valence-corrected chi connectivity index (χ3v) is 6.85. The Bertz CT molecular complexity index is 999. The van der Waals surface area contributed by atoms with E-state index in [1.54, 1.807) is 0 Å². The van der Waals surface area contributed by atoms with Gasteiger partial charge in [0.1, 0.15) is 0 Å². The third kappa shape index (κ3) is 5.44. The molecular formula is C20H25N3O5S. The number of amides is 1. The highest BCUT2D eigenvalue weighted by molar-refractivity contribution is 7.91. The van der Waals surface area contributed by atoms with Crippen LogP contribution in [-0.2, 0) is 37.3 Å². The molecule has 29 heavy (non-hydrogen) atoms. The lowest BCUT2D eigenvalue weighted by atomic mass is 10.1. The molecular weight excluding hydrogens is 394 g/mol. The van der Waals surface area contributed by atoms with Gasteiger partial charge in [-0.25, -0.2) is 8.42 Å². The van der Waals surface area contributed by atoms with Gasteiger partial charge in [0, 0.05) is 17.8 Å². The van der Waals surface area contributed by atoms with Crippen molar-refractivity contribution in [3.8, 4) is 0 Å². The maximum absolute atomic E-state index is 12.0. The van der Waals surface area contributed by atoms with Crippen molar-refractivity contribution in [2.75, 3.05) is 18.1 Å². The Morgan fingerprint density at radius 2 is 1.97 bits per heavy atom. The van der Waals surface area contributed by atoms with Gasteiger partial charge in [-0.1, -0.05) is 30.3 Å². The summed E-state index contributed by atoms with van der Waals surface area (Å²) in [5.41, 5.74) is 3.84. The lowest BCUT2D eigenvalue weighted by Crippen LogP contribution is -2.30. The van der Waals surface area contributed by atoms with Gasteiger partial charge in [0.2, 0.25) is 0 Å². The van der Waals surface area contributed by atoms with Crippen molar-refractivity contribution in [3.63, 3.8) is 0 Å². The number of hydrogen-bond acceptors (Lipinski definition) is 6. The van der Waals surface area contributed by atoms with Crippen molar-refractivity contribution in [1.29, 1.82) is 0 Å². The number of nitrogens with one attached hydrogen (secondary N) is 1. The molecule has 1 saturated heterocycles. The first kappa shape index (κ1) is 21.0. The number of carbonyl (C=O) groups excluding carboxylic acids is 2. The molecule has 1 fully saturated rings. The molecule has 0 aliphatic carbocycles. The summed E-state index contributed by atoms with van der Waals surface area (Å²) < 4.78 is 29.7. The van der Waals surface area contributed by atoms with E-state index < -0.39 is 34.2 Å². The van der Waals surface area contributed by atoms with Gasteiger partial charge in [-0.2, -0.15) is 5.10 Å². The zero-order chi connectivity index (χ0) is 21.0. The van der Waals surface area contributed by atoms with Crippen LogP contribution in [0.25, 0.3) is 0 Å². The molecule has 3 rings (SSSR count). The zero-order valence-electron chi connectivity index (χ0n) is 16.6. The molecule has 1 amide bonds. The minimum absolute atomic E-state index is 0.00944. The molecule has 0 saturated carbocycles. The van der Waals surface area contributed by atoms with E-state index in [-0.39, 0.29) is 24.5 Å². The summed E-state index contributed by atoms with van der Waals surface area (Å²) in [5.74, 6) is -1.96. The number of ether oxygens (including phenoxy) is 1. The quantitative estimate of drug-likeness (QED) is 0.675. The predicted octanol–water partition coefficient (Wildman–Crippen LogP) is 1.14. The van der Waals surface area contributed by atoms with Crippen LogP contribution in [-0.4, -0.2) is 48.2 Å². The summed E-state index contributed by atoms with van der Waals surface area (Å²) in [7, 11) is -3.17. The van der Waals surface area contributed by atoms with E-state index in [0.717, 1.165) is 22.5 Å². The van der Waals surface area contributed by atoms with Crippen molar-refractivity contribution >= 4 is 21.7 Å². The molecule has 0 spiro atoms. The van der Waals surface area contributed by atoms with Crippen molar-refractivity contribution in [2.24, 2.45) is 5.92 Å². The van der Waals surface area contributed by atoms with Crippen molar-refractivity contribution in [3.05, 3.63) is 52.8 Å². The fraction of sp³-hybridized carbons (Fsp3) is 0.450. The van der Waals surface area contributed by atoms with Gasteiger partial charge in [-0.05, 0) is 25.8 Å². The second kappa shape index (κ2) is 8.77. The third-order valence-electron chi connectivity index (χ3n) is 5.08. The molecule has 1 atom stereocenters. The van der Waals surface area contributed by atoms with E-state index >= 15 is 0 Å².